The Morgan fingerprint density at radius 1 is 1.88 bits per heavy atom. The van der Waals surface area contributed by atoms with E-state index in [1.165, 1.54) is 12.0 Å². The van der Waals surface area contributed by atoms with Gasteiger partial charge in [-0.15, -0.1) is 0 Å². The zero-order chi connectivity index (χ0) is 5.98. The van der Waals surface area contributed by atoms with Crippen LogP contribution in [0.1, 0.15) is 26.2 Å². The molecule has 0 aromatic heterocycles. The molecule has 1 fully saturated rings. The van der Waals surface area contributed by atoms with Gasteiger partial charge in [-0.1, -0.05) is 19.4 Å². The summed E-state index contributed by atoms with van der Waals surface area (Å²) in [5.74, 6) is 0. The molecule has 0 aromatic carbocycles. The summed E-state index contributed by atoms with van der Waals surface area (Å²) < 4.78 is 0. The molecular formula is C7H12O. The van der Waals surface area contributed by atoms with Crippen LogP contribution in [0.4, 0.5) is 0 Å². The number of allylic oxidation sites excluding steroid dienone is 1. The molecule has 1 atom stereocenters. The predicted octanol–water partition coefficient (Wildman–Crippen LogP) is 1.48. The molecular weight excluding hydrogens is 100 g/mol. The lowest BCUT2D eigenvalue weighted by Gasteiger charge is -1.79. The molecule has 0 saturated heterocycles. The van der Waals surface area contributed by atoms with Crippen LogP contribution in [-0.2, 0) is 0 Å². The quantitative estimate of drug-likeness (QED) is 0.536. The van der Waals surface area contributed by atoms with Crippen molar-refractivity contribution in [2.45, 2.75) is 32.3 Å². The summed E-state index contributed by atoms with van der Waals surface area (Å²) in [6.07, 6.45) is 5.33. The molecule has 0 unspecified atom stereocenters. The van der Waals surface area contributed by atoms with Gasteiger partial charge in [0, 0.05) is 6.42 Å². The fourth-order valence-electron chi connectivity index (χ4n) is 0.713. The Balaban J connectivity index is 2.16. The van der Waals surface area contributed by atoms with Gasteiger partial charge in [-0.3, -0.25) is 0 Å². The third-order valence-corrected chi connectivity index (χ3v) is 1.39. The summed E-state index contributed by atoms with van der Waals surface area (Å²) in [5.41, 5.74) is 1.24. The van der Waals surface area contributed by atoms with Crippen LogP contribution in [0.5, 0.6) is 0 Å². The van der Waals surface area contributed by atoms with Gasteiger partial charge in [-0.2, -0.15) is 0 Å². The monoisotopic (exact) mass is 112 g/mol. The maximum Gasteiger partial charge on any atom is 0.0789 e. The van der Waals surface area contributed by atoms with E-state index >= 15 is 0 Å². The normalized spacial score (nSPS) is 31.2. The lowest BCUT2D eigenvalue weighted by molar-refractivity contribution is 0.290. The first-order chi connectivity index (χ1) is 3.84. The van der Waals surface area contributed by atoms with E-state index in [2.05, 4.69) is 13.0 Å². The third-order valence-electron chi connectivity index (χ3n) is 1.39. The Bertz CT molecular complexity index is 105. The van der Waals surface area contributed by atoms with Crippen molar-refractivity contribution in [3.05, 3.63) is 11.6 Å². The zero-order valence-corrected chi connectivity index (χ0v) is 5.22. The maximum atomic E-state index is 8.78. The first-order valence-electron chi connectivity index (χ1n) is 3.21. The van der Waals surface area contributed by atoms with E-state index in [4.69, 9.17) is 5.11 Å². The van der Waals surface area contributed by atoms with Crippen LogP contribution in [0.15, 0.2) is 11.6 Å². The Morgan fingerprint density at radius 3 is 2.88 bits per heavy atom. The van der Waals surface area contributed by atoms with Crippen LogP contribution < -0.4 is 0 Å². The first-order valence-corrected chi connectivity index (χ1v) is 3.21. The molecule has 1 aliphatic carbocycles. The highest BCUT2D eigenvalue weighted by Gasteiger charge is 2.25. The lowest BCUT2D eigenvalue weighted by Crippen LogP contribution is -1.71. The van der Waals surface area contributed by atoms with Gasteiger partial charge in [0.25, 0.3) is 0 Å². The molecule has 0 radical (unpaired) electrons. The topological polar surface area (TPSA) is 20.2 Å². The lowest BCUT2D eigenvalue weighted by atomic mass is 10.3. The molecule has 1 saturated carbocycles. The minimum Gasteiger partial charge on any atom is -0.388 e. The molecule has 0 aliphatic heterocycles. The van der Waals surface area contributed by atoms with Crippen molar-refractivity contribution < 1.29 is 5.11 Å². The van der Waals surface area contributed by atoms with Crippen LogP contribution in [0.3, 0.4) is 0 Å². The van der Waals surface area contributed by atoms with Crippen molar-refractivity contribution in [1.29, 1.82) is 0 Å². The second-order valence-electron chi connectivity index (χ2n) is 2.29. The number of aliphatic hydroxyl groups is 1. The van der Waals surface area contributed by atoms with Gasteiger partial charge in [-0.05, 0) is 12.0 Å². The number of aliphatic hydroxyl groups excluding tert-OH is 1. The maximum absolute atomic E-state index is 8.78. The molecule has 8 heavy (non-hydrogen) atoms. The van der Waals surface area contributed by atoms with Gasteiger partial charge >= 0.3 is 0 Å². The van der Waals surface area contributed by atoms with Crippen molar-refractivity contribution >= 4 is 0 Å². The predicted molar refractivity (Wildman–Crippen MR) is 33.6 cm³/mol. The Morgan fingerprint density at radius 2 is 2.50 bits per heavy atom. The molecule has 1 aliphatic rings. The van der Waals surface area contributed by atoms with Gasteiger partial charge in [-0.25, -0.2) is 0 Å². The van der Waals surface area contributed by atoms with E-state index in [1.54, 1.807) is 0 Å². The number of rotatable bonds is 2. The Labute approximate surface area is 50.0 Å². The van der Waals surface area contributed by atoms with Crippen molar-refractivity contribution in [2.24, 2.45) is 0 Å². The van der Waals surface area contributed by atoms with Gasteiger partial charge < -0.3 is 5.11 Å². The molecule has 0 aromatic rings. The minimum absolute atomic E-state index is 0.0680. The second-order valence-corrected chi connectivity index (χ2v) is 2.29. The van der Waals surface area contributed by atoms with E-state index in [9.17, 15) is 0 Å². The Kier molecular flexibility index (Phi) is 1.69. The van der Waals surface area contributed by atoms with E-state index < -0.39 is 0 Å². The van der Waals surface area contributed by atoms with Gasteiger partial charge in [0.05, 0.1) is 6.10 Å². The highest BCUT2D eigenvalue weighted by molar-refractivity contribution is 5.24. The average molecular weight is 112 g/mol. The molecule has 1 rings (SSSR count). The molecule has 46 valence electrons. The van der Waals surface area contributed by atoms with Crippen molar-refractivity contribution in [1.82, 2.24) is 0 Å². The molecule has 0 amide bonds. The zero-order valence-electron chi connectivity index (χ0n) is 5.22. The highest BCUT2D eigenvalue weighted by atomic mass is 16.3. The van der Waals surface area contributed by atoms with E-state index in [0.29, 0.717) is 0 Å². The van der Waals surface area contributed by atoms with Crippen molar-refractivity contribution in [3.8, 4) is 0 Å². The van der Waals surface area contributed by atoms with Crippen molar-refractivity contribution in [2.75, 3.05) is 0 Å². The number of hydrogen-bond acceptors (Lipinski definition) is 1. The summed E-state index contributed by atoms with van der Waals surface area (Å²) in [6.45, 7) is 2.14. The fourth-order valence-corrected chi connectivity index (χ4v) is 0.713. The number of unbranched alkanes of at least 4 members (excludes halogenated alkanes) is 1. The average Bonchev–Trinajstić information content (AvgIpc) is 2.42. The second kappa shape index (κ2) is 2.31. The molecule has 1 N–H and O–H groups in total. The summed E-state index contributed by atoms with van der Waals surface area (Å²) in [6, 6.07) is 0. The van der Waals surface area contributed by atoms with Crippen LogP contribution in [0.2, 0.25) is 0 Å². The van der Waals surface area contributed by atoms with Crippen LogP contribution >= 0.6 is 0 Å². The van der Waals surface area contributed by atoms with Crippen LogP contribution in [0.25, 0.3) is 0 Å². The minimum atomic E-state index is -0.0680. The molecule has 1 heteroatoms. The summed E-state index contributed by atoms with van der Waals surface area (Å²) in [4.78, 5) is 0. The molecule has 0 bridgehead atoms. The van der Waals surface area contributed by atoms with E-state index in [1.807, 2.05) is 0 Å². The van der Waals surface area contributed by atoms with Gasteiger partial charge in [0.2, 0.25) is 0 Å². The molecule has 1 nitrogen and oxygen atoms in total. The molecule has 0 spiro atoms. The SMILES string of the molecule is CCCC=C1C[C@@H]1O. The smallest absolute Gasteiger partial charge is 0.0789 e. The summed E-state index contributed by atoms with van der Waals surface area (Å²) in [7, 11) is 0. The fraction of sp³-hybridized carbons (Fsp3) is 0.714. The highest BCUT2D eigenvalue weighted by Crippen LogP contribution is 2.28. The van der Waals surface area contributed by atoms with Crippen molar-refractivity contribution in [3.63, 3.8) is 0 Å². The third kappa shape index (κ3) is 1.34. The standard InChI is InChI=1S/C7H12O/c1-2-3-4-6-5-7(6)8/h4,7-8H,2-3,5H2,1H3/t7-/m0/s1. The number of hydrogen-bond donors (Lipinski definition) is 1. The van der Waals surface area contributed by atoms with E-state index in [-0.39, 0.29) is 6.10 Å². The van der Waals surface area contributed by atoms with Crippen LogP contribution in [-0.4, -0.2) is 11.2 Å². The van der Waals surface area contributed by atoms with Gasteiger partial charge in [0.15, 0.2) is 0 Å². The summed E-state index contributed by atoms with van der Waals surface area (Å²) in [5, 5.41) is 8.78. The van der Waals surface area contributed by atoms with E-state index in [0.717, 1.165) is 12.8 Å². The summed E-state index contributed by atoms with van der Waals surface area (Å²) >= 11 is 0. The Hall–Kier alpha value is -0.300. The largest absolute Gasteiger partial charge is 0.388 e. The van der Waals surface area contributed by atoms with Gasteiger partial charge in [0.1, 0.15) is 0 Å². The van der Waals surface area contributed by atoms with Crippen LogP contribution in [0, 0.1) is 0 Å². The molecule has 0 heterocycles. The first kappa shape index (κ1) is 5.83.